The number of halogens is 1. The first kappa shape index (κ1) is 14.2. The quantitative estimate of drug-likeness (QED) is 0.749. The Morgan fingerprint density at radius 3 is 2.21 bits per heavy atom. The van der Waals surface area contributed by atoms with Crippen LogP contribution in [-0.4, -0.2) is 26.1 Å². The van der Waals surface area contributed by atoms with Gasteiger partial charge in [-0.2, -0.15) is 0 Å². The zero-order chi connectivity index (χ0) is 11.4. The molecule has 1 unspecified atom stereocenters. The number of alkyl halides is 1. The van der Waals surface area contributed by atoms with Gasteiger partial charge in [0.05, 0.1) is 5.75 Å². The zero-order valence-electron chi connectivity index (χ0n) is 9.30. The number of sulfonamides is 1. The molecule has 0 aliphatic rings. The van der Waals surface area contributed by atoms with Gasteiger partial charge in [-0.1, -0.05) is 20.8 Å². The molecule has 0 spiro atoms. The summed E-state index contributed by atoms with van der Waals surface area (Å²) in [5, 5.41) is -0.167. The van der Waals surface area contributed by atoms with Crippen molar-refractivity contribution in [1.82, 2.24) is 4.72 Å². The average Bonchev–Trinajstić information content (AvgIpc) is 1.97. The molecule has 1 N–H and O–H groups in total. The summed E-state index contributed by atoms with van der Waals surface area (Å²) in [6.45, 7) is 8.12. The lowest BCUT2D eigenvalue weighted by Crippen LogP contribution is -2.32. The molecule has 3 nitrogen and oxygen atoms in total. The van der Waals surface area contributed by atoms with Crippen molar-refractivity contribution in [2.45, 2.75) is 39.5 Å². The van der Waals surface area contributed by atoms with Crippen LogP contribution in [0, 0.1) is 5.41 Å². The van der Waals surface area contributed by atoms with Gasteiger partial charge in [0.1, 0.15) is 0 Å². The van der Waals surface area contributed by atoms with Crippen molar-refractivity contribution in [3.05, 3.63) is 0 Å². The van der Waals surface area contributed by atoms with E-state index in [1.54, 1.807) is 6.92 Å². The van der Waals surface area contributed by atoms with Crippen LogP contribution < -0.4 is 4.72 Å². The van der Waals surface area contributed by atoms with E-state index >= 15 is 0 Å². The zero-order valence-corrected chi connectivity index (χ0v) is 10.9. The first-order valence-electron chi connectivity index (χ1n) is 4.74. The molecule has 0 saturated heterocycles. The van der Waals surface area contributed by atoms with Gasteiger partial charge in [0.25, 0.3) is 0 Å². The van der Waals surface area contributed by atoms with Gasteiger partial charge in [-0.25, -0.2) is 13.1 Å². The van der Waals surface area contributed by atoms with E-state index in [0.29, 0.717) is 13.0 Å². The van der Waals surface area contributed by atoms with E-state index in [-0.39, 0.29) is 16.5 Å². The Morgan fingerprint density at radius 1 is 1.36 bits per heavy atom. The molecule has 86 valence electrons. The minimum absolute atomic E-state index is 0.0430. The topological polar surface area (TPSA) is 46.2 Å². The van der Waals surface area contributed by atoms with Crippen LogP contribution in [0.15, 0.2) is 0 Å². The predicted octanol–water partition coefficient (Wildman–Crippen LogP) is 1.97. The van der Waals surface area contributed by atoms with Crippen LogP contribution in [-0.2, 0) is 10.0 Å². The van der Waals surface area contributed by atoms with Crippen LogP contribution in [0.4, 0.5) is 0 Å². The summed E-state index contributed by atoms with van der Waals surface area (Å²) in [7, 11) is -3.14. The second-order valence-electron chi connectivity index (χ2n) is 4.76. The molecular formula is C9H20ClNO2S. The summed E-state index contributed by atoms with van der Waals surface area (Å²) in [6.07, 6.45) is 0.652. The van der Waals surface area contributed by atoms with E-state index < -0.39 is 10.0 Å². The fourth-order valence-corrected chi connectivity index (χ4v) is 2.45. The van der Waals surface area contributed by atoms with E-state index in [9.17, 15) is 8.42 Å². The van der Waals surface area contributed by atoms with Crippen molar-refractivity contribution < 1.29 is 8.42 Å². The van der Waals surface area contributed by atoms with Crippen molar-refractivity contribution in [3.63, 3.8) is 0 Å². The second-order valence-corrected chi connectivity index (χ2v) is 7.43. The number of hydrogen-bond acceptors (Lipinski definition) is 2. The van der Waals surface area contributed by atoms with Crippen LogP contribution >= 0.6 is 11.6 Å². The van der Waals surface area contributed by atoms with Gasteiger partial charge in [0, 0.05) is 11.9 Å². The lowest BCUT2D eigenvalue weighted by molar-refractivity contribution is 0.396. The molecule has 1 atom stereocenters. The Kier molecular flexibility index (Phi) is 5.41. The van der Waals surface area contributed by atoms with Crippen LogP contribution in [0.5, 0.6) is 0 Å². The molecular weight excluding hydrogens is 222 g/mol. The molecule has 0 amide bonds. The molecule has 0 saturated carbocycles. The molecule has 0 radical (unpaired) electrons. The fraction of sp³-hybridized carbons (Fsp3) is 1.00. The fourth-order valence-electron chi connectivity index (χ4n) is 0.755. The highest BCUT2D eigenvalue weighted by atomic mass is 35.5. The maximum Gasteiger partial charge on any atom is 0.211 e. The molecule has 0 aromatic rings. The van der Waals surface area contributed by atoms with Crippen molar-refractivity contribution in [3.8, 4) is 0 Å². The maximum atomic E-state index is 11.4. The lowest BCUT2D eigenvalue weighted by Gasteiger charge is -2.18. The highest BCUT2D eigenvalue weighted by Gasteiger charge is 2.17. The second kappa shape index (κ2) is 5.33. The summed E-state index contributed by atoms with van der Waals surface area (Å²) >= 11 is 5.65. The molecule has 0 aliphatic heterocycles. The minimum atomic E-state index is -3.14. The Bertz CT molecular complexity index is 254. The summed E-state index contributed by atoms with van der Waals surface area (Å²) in [4.78, 5) is 0. The Labute approximate surface area is 92.3 Å². The van der Waals surface area contributed by atoms with Crippen LogP contribution in [0.1, 0.15) is 34.1 Å². The SMILES string of the molecule is CC(Cl)CNS(=O)(=O)CCC(C)(C)C. The van der Waals surface area contributed by atoms with E-state index in [1.165, 1.54) is 0 Å². The minimum Gasteiger partial charge on any atom is -0.214 e. The van der Waals surface area contributed by atoms with E-state index in [4.69, 9.17) is 11.6 Å². The third kappa shape index (κ3) is 8.78. The third-order valence-corrected chi connectivity index (χ3v) is 3.21. The van der Waals surface area contributed by atoms with Crippen LogP contribution in [0.2, 0.25) is 0 Å². The normalized spacial score (nSPS) is 15.5. The van der Waals surface area contributed by atoms with E-state index in [0.717, 1.165) is 0 Å². The number of hydrogen-bond donors (Lipinski definition) is 1. The van der Waals surface area contributed by atoms with Crippen molar-refractivity contribution in [2.24, 2.45) is 5.41 Å². The molecule has 0 rings (SSSR count). The first-order valence-corrected chi connectivity index (χ1v) is 6.83. The summed E-state index contributed by atoms with van der Waals surface area (Å²) < 4.78 is 25.3. The summed E-state index contributed by atoms with van der Waals surface area (Å²) in [5.74, 6) is 0.167. The Hall–Kier alpha value is 0.200. The average molecular weight is 242 g/mol. The molecule has 5 heteroatoms. The van der Waals surface area contributed by atoms with Gasteiger partial charge in [0.15, 0.2) is 0 Å². The summed E-state index contributed by atoms with van der Waals surface area (Å²) in [6, 6.07) is 0. The molecule has 14 heavy (non-hydrogen) atoms. The molecule has 0 aromatic carbocycles. The van der Waals surface area contributed by atoms with Crippen molar-refractivity contribution in [1.29, 1.82) is 0 Å². The standard InChI is InChI=1S/C9H20ClNO2S/c1-8(10)7-11-14(12,13)6-5-9(2,3)4/h8,11H,5-7H2,1-4H3. The van der Waals surface area contributed by atoms with Gasteiger partial charge in [-0.15, -0.1) is 11.6 Å². The molecule has 0 aliphatic carbocycles. The first-order chi connectivity index (χ1) is 6.12. The monoisotopic (exact) mass is 241 g/mol. The third-order valence-electron chi connectivity index (χ3n) is 1.71. The Balaban J connectivity index is 3.97. The number of nitrogens with one attached hydrogen (secondary N) is 1. The van der Waals surface area contributed by atoms with Gasteiger partial charge in [-0.05, 0) is 18.8 Å². The van der Waals surface area contributed by atoms with Gasteiger partial charge >= 0.3 is 0 Å². The molecule has 0 fully saturated rings. The predicted molar refractivity (Wildman–Crippen MR) is 61.2 cm³/mol. The summed E-state index contributed by atoms with van der Waals surface area (Å²) in [5.41, 5.74) is 0.0430. The maximum absolute atomic E-state index is 11.4. The smallest absolute Gasteiger partial charge is 0.211 e. The highest BCUT2D eigenvalue weighted by Crippen LogP contribution is 2.18. The van der Waals surface area contributed by atoms with Gasteiger partial charge in [0.2, 0.25) is 10.0 Å². The lowest BCUT2D eigenvalue weighted by atomic mass is 9.94. The van der Waals surface area contributed by atoms with Crippen molar-refractivity contribution in [2.75, 3.05) is 12.3 Å². The molecule has 0 bridgehead atoms. The molecule has 0 heterocycles. The molecule has 0 aromatic heterocycles. The van der Waals surface area contributed by atoms with E-state index in [1.807, 2.05) is 20.8 Å². The van der Waals surface area contributed by atoms with Gasteiger partial charge in [-0.3, -0.25) is 0 Å². The van der Waals surface area contributed by atoms with Crippen LogP contribution in [0.3, 0.4) is 0 Å². The number of rotatable bonds is 5. The highest BCUT2D eigenvalue weighted by molar-refractivity contribution is 7.89. The van der Waals surface area contributed by atoms with Crippen LogP contribution in [0.25, 0.3) is 0 Å². The van der Waals surface area contributed by atoms with Crippen molar-refractivity contribution >= 4 is 21.6 Å². The van der Waals surface area contributed by atoms with E-state index in [2.05, 4.69) is 4.72 Å². The largest absolute Gasteiger partial charge is 0.214 e. The van der Waals surface area contributed by atoms with Gasteiger partial charge < -0.3 is 0 Å². The Morgan fingerprint density at radius 2 is 1.86 bits per heavy atom.